The minimum absolute atomic E-state index is 0.222. The Balaban J connectivity index is 4.96. The van der Waals surface area contributed by atoms with E-state index in [9.17, 15) is 24.3 Å². The van der Waals surface area contributed by atoms with Crippen LogP contribution in [0.2, 0.25) is 0 Å². The van der Waals surface area contributed by atoms with E-state index in [-0.39, 0.29) is 11.8 Å². The molecule has 150 valence electrons. The minimum Gasteiger partial charge on any atom is -0.480 e. The monoisotopic (exact) mass is 372 g/mol. The first kappa shape index (κ1) is 23.8. The molecule has 5 unspecified atom stereocenters. The normalized spacial score (nSPS) is 16.8. The van der Waals surface area contributed by atoms with Crippen LogP contribution in [0, 0.1) is 11.8 Å². The Kier molecular flexibility index (Phi) is 9.85. The first-order valence-corrected chi connectivity index (χ1v) is 8.81. The Morgan fingerprint density at radius 2 is 1.35 bits per heavy atom. The van der Waals surface area contributed by atoms with Crippen LogP contribution in [0.3, 0.4) is 0 Å². The number of carbonyl (C=O) groups excluding carboxylic acids is 3. The zero-order valence-electron chi connectivity index (χ0n) is 16.3. The Hall–Kier alpha value is -2.16. The quantitative estimate of drug-likeness (QED) is 0.352. The van der Waals surface area contributed by atoms with Gasteiger partial charge in [0.05, 0.1) is 6.04 Å². The highest BCUT2D eigenvalue weighted by Crippen LogP contribution is 2.08. The molecule has 26 heavy (non-hydrogen) atoms. The molecule has 0 aromatic heterocycles. The summed E-state index contributed by atoms with van der Waals surface area (Å²) in [5, 5.41) is 16.7. The Morgan fingerprint density at radius 1 is 0.846 bits per heavy atom. The molecule has 6 N–H and O–H groups in total. The summed E-state index contributed by atoms with van der Waals surface area (Å²) in [6.45, 7) is 10.0. The maximum Gasteiger partial charge on any atom is 0.326 e. The lowest BCUT2D eigenvalue weighted by atomic mass is 9.99. The molecule has 0 bridgehead atoms. The Labute approximate surface area is 154 Å². The second kappa shape index (κ2) is 10.7. The van der Waals surface area contributed by atoms with E-state index in [2.05, 4.69) is 16.0 Å². The number of hydrogen-bond acceptors (Lipinski definition) is 5. The highest BCUT2D eigenvalue weighted by atomic mass is 16.4. The van der Waals surface area contributed by atoms with Gasteiger partial charge >= 0.3 is 5.97 Å². The summed E-state index contributed by atoms with van der Waals surface area (Å²) in [4.78, 5) is 47.7. The van der Waals surface area contributed by atoms with Crippen molar-refractivity contribution in [3.05, 3.63) is 0 Å². The molecule has 0 aliphatic heterocycles. The molecule has 0 aromatic rings. The number of hydrogen-bond donors (Lipinski definition) is 5. The summed E-state index contributed by atoms with van der Waals surface area (Å²) < 4.78 is 0. The van der Waals surface area contributed by atoms with Crippen LogP contribution in [-0.4, -0.2) is 53.0 Å². The summed E-state index contributed by atoms with van der Waals surface area (Å²) in [5.74, 6) is -3.22. The van der Waals surface area contributed by atoms with E-state index in [1.807, 2.05) is 6.92 Å². The van der Waals surface area contributed by atoms with Gasteiger partial charge in [-0.25, -0.2) is 4.79 Å². The molecule has 0 aliphatic rings. The molecule has 0 spiro atoms. The summed E-state index contributed by atoms with van der Waals surface area (Å²) in [5.41, 5.74) is 5.50. The third kappa shape index (κ3) is 7.38. The van der Waals surface area contributed by atoms with E-state index in [0.717, 1.165) is 0 Å². The zero-order valence-corrected chi connectivity index (χ0v) is 16.3. The second-order valence-corrected chi connectivity index (χ2v) is 6.96. The zero-order chi connectivity index (χ0) is 20.6. The number of nitrogens with two attached hydrogens (primary N) is 1. The number of aliphatic carboxylic acids is 1. The van der Waals surface area contributed by atoms with Crippen molar-refractivity contribution >= 4 is 23.7 Å². The largest absolute Gasteiger partial charge is 0.480 e. The van der Waals surface area contributed by atoms with Crippen LogP contribution in [0.25, 0.3) is 0 Å². The van der Waals surface area contributed by atoms with Crippen molar-refractivity contribution < 1.29 is 24.3 Å². The highest BCUT2D eigenvalue weighted by molar-refractivity contribution is 5.93. The van der Waals surface area contributed by atoms with E-state index >= 15 is 0 Å². The molecule has 0 aliphatic carbocycles. The predicted molar refractivity (Wildman–Crippen MR) is 97.0 cm³/mol. The van der Waals surface area contributed by atoms with E-state index in [1.165, 1.54) is 13.8 Å². The van der Waals surface area contributed by atoms with Gasteiger partial charge in [0.2, 0.25) is 17.7 Å². The number of carboxylic acid groups (broad SMARTS) is 1. The number of carboxylic acids is 1. The molecular weight excluding hydrogens is 340 g/mol. The fourth-order valence-corrected chi connectivity index (χ4v) is 2.15. The van der Waals surface area contributed by atoms with Crippen LogP contribution in [0.5, 0.6) is 0 Å². The van der Waals surface area contributed by atoms with Crippen molar-refractivity contribution in [2.24, 2.45) is 17.6 Å². The highest BCUT2D eigenvalue weighted by Gasteiger charge is 2.30. The molecule has 3 amide bonds. The lowest BCUT2D eigenvalue weighted by molar-refractivity contribution is -0.143. The number of rotatable bonds is 10. The van der Waals surface area contributed by atoms with E-state index in [4.69, 9.17) is 5.73 Å². The third-order valence-electron chi connectivity index (χ3n) is 4.19. The molecule has 5 atom stereocenters. The number of nitrogens with one attached hydrogen (secondary N) is 3. The molecule has 0 saturated heterocycles. The standard InChI is InChI=1S/C17H32N4O5/c1-7-9(4)13(17(25)26)21-15(23)11(6)19-16(24)12(8(2)3)20-14(22)10(5)18/h8-13H,7,18H2,1-6H3,(H,19,24)(H,20,22)(H,21,23)(H,25,26). The minimum atomic E-state index is -1.13. The maximum absolute atomic E-state index is 12.4. The topological polar surface area (TPSA) is 151 Å². The smallest absolute Gasteiger partial charge is 0.326 e. The van der Waals surface area contributed by atoms with Gasteiger partial charge in [-0.05, 0) is 25.7 Å². The van der Waals surface area contributed by atoms with Crippen LogP contribution >= 0.6 is 0 Å². The van der Waals surface area contributed by atoms with Gasteiger partial charge in [0.25, 0.3) is 0 Å². The molecular formula is C17H32N4O5. The van der Waals surface area contributed by atoms with Gasteiger partial charge in [0.1, 0.15) is 18.1 Å². The van der Waals surface area contributed by atoms with Crippen molar-refractivity contribution in [3.63, 3.8) is 0 Å². The molecule has 0 heterocycles. The SMILES string of the molecule is CCC(C)C(NC(=O)C(C)NC(=O)C(NC(=O)C(C)N)C(C)C)C(=O)O. The fourth-order valence-electron chi connectivity index (χ4n) is 2.15. The van der Waals surface area contributed by atoms with Gasteiger partial charge in [-0.1, -0.05) is 34.1 Å². The maximum atomic E-state index is 12.4. The summed E-state index contributed by atoms with van der Waals surface area (Å²) in [6, 6.07) is -3.61. The Morgan fingerprint density at radius 3 is 1.73 bits per heavy atom. The lowest BCUT2D eigenvalue weighted by Gasteiger charge is -2.26. The van der Waals surface area contributed by atoms with Gasteiger partial charge in [-0.15, -0.1) is 0 Å². The molecule has 0 rings (SSSR count). The van der Waals surface area contributed by atoms with Gasteiger partial charge < -0.3 is 26.8 Å². The molecule has 9 nitrogen and oxygen atoms in total. The van der Waals surface area contributed by atoms with Crippen LogP contribution in [0.15, 0.2) is 0 Å². The van der Waals surface area contributed by atoms with E-state index in [1.54, 1.807) is 20.8 Å². The van der Waals surface area contributed by atoms with Crippen molar-refractivity contribution in [2.45, 2.75) is 72.1 Å². The van der Waals surface area contributed by atoms with Crippen molar-refractivity contribution in [3.8, 4) is 0 Å². The lowest BCUT2D eigenvalue weighted by Crippen LogP contribution is -2.57. The van der Waals surface area contributed by atoms with Crippen molar-refractivity contribution in [1.29, 1.82) is 0 Å². The molecule has 0 saturated carbocycles. The predicted octanol–water partition coefficient (Wildman–Crippen LogP) is -0.405. The Bertz CT molecular complexity index is 521. The van der Waals surface area contributed by atoms with Gasteiger partial charge in [0.15, 0.2) is 0 Å². The third-order valence-corrected chi connectivity index (χ3v) is 4.19. The van der Waals surface area contributed by atoms with Gasteiger partial charge in [0, 0.05) is 0 Å². The van der Waals surface area contributed by atoms with Crippen LogP contribution in [0.1, 0.15) is 48.0 Å². The van der Waals surface area contributed by atoms with Gasteiger partial charge in [-0.3, -0.25) is 14.4 Å². The average molecular weight is 372 g/mol. The molecule has 9 heteroatoms. The summed E-state index contributed by atoms with van der Waals surface area (Å²) in [6.07, 6.45) is 0.580. The van der Waals surface area contributed by atoms with Gasteiger partial charge in [-0.2, -0.15) is 0 Å². The van der Waals surface area contributed by atoms with E-state index < -0.39 is 47.9 Å². The van der Waals surface area contributed by atoms with Crippen LogP contribution < -0.4 is 21.7 Å². The first-order chi connectivity index (χ1) is 11.9. The summed E-state index contributed by atoms with van der Waals surface area (Å²) >= 11 is 0. The second-order valence-electron chi connectivity index (χ2n) is 6.96. The molecule has 0 fully saturated rings. The van der Waals surface area contributed by atoms with Crippen LogP contribution in [0.4, 0.5) is 0 Å². The average Bonchev–Trinajstić information content (AvgIpc) is 2.55. The van der Waals surface area contributed by atoms with Crippen molar-refractivity contribution in [2.75, 3.05) is 0 Å². The van der Waals surface area contributed by atoms with Crippen LogP contribution in [-0.2, 0) is 19.2 Å². The van der Waals surface area contributed by atoms with E-state index in [0.29, 0.717) is 6.42 Å². The van der Waals surface area contributed by atoms with Crippen molar-refractivity contribution in [1.82, 2.24) is 16.0 Å². The number of carbonyl (C=O) groups is 4. The number of amides is 3. The molecule has 0 aromatic carbocycles. The first-order valence-electron chi connectivity index (χ1n) is 8.81. The fraction of sp³-hybridized carbons (Fsp3) is 0.765. The molecule has 0 radical (unpaired) electrons. The summed E-state index contributed by atoms with van der Waals surface area (Å²) in [7, 11) is 0.